The van der Waals surface area contributed by atoms with E-state index in [0.29, 0.717) is 13.0 Å². The first-order valence-electron chi connectivity index (χ1n) is 3.33. The van der Waals surface area contributed by atoms with E-state index in [9.17, 15) is 4.79 Å². The SMILES string of the molecule is COCCC(=O)C=C(C)C. The van der Waals surface area contributed by atoms with Crippen molar-refractivity contribution in [2.45, 2.75) is 20.3 Å². The molecule has 0 aliphatic rings. The van der Waals surface area contributed by atoms with E-state index in [0.717, 1.165) is 5.57 Å². The quantitative estimate of drug-likeness (QED) is 0.557. The van der Waals surface area contributed by atoms with E-state index < -0.39 is 0 Å². The minimum absolute atomic E-state index is 0.141. The topological polar surface area (TPSA) is 26.3 Å². The van der Waals surface area contributed by atoms with Crippen LogP contribution in [0.25, 0.3) is 0 Å². The zero-order chi connectivity index (χ0) is 7.98. The molecular formula is C8H14O2. The molecular weight excluding hydrogens is 128 g/mol. The van der Waals surface area contributed by atoms with Crippen LogP contribution in [0.3, 0.4) is 0 Å². The molecule has 0 atom stereocenters. The fourth-order valence-electron chi connectivity index (χ4n) is 0.597. The summed E-state index contributed by atoms with van der Waals surface area (Å²) in [5.74, 6) is 0.141. The lowest BCUT2D eigenvalue weighted by molar-refractivity contribution is -0.115. The molecule has 10 heavy (non-hydrogen) atoms. The molecule has 0 spiro atoms. The van der Waals surface area contributed by atoms with E-state index in [2.05, 4.69) is 0 Å². The monoisotopic (exact) mass is 142 g/mol. The van der Waals surface area contributed by atoms with Crippen molar-refractivity contribution in [1.82, 2.24) is 0 Å². The minimum atomic E-state index is 0.141. The lowest BCUT2D eigenvalue weighted by Crippen LogP contribution is -1.98. The van der Waals surface area contributed by atoms with Crippen LogP contribution in [-0.2, 0) is 9.53 Å². The average molecular weight is 142 g/mol. The van der Waals surface area contributed by atoms with Crippen LogP contribution in [0.15, 0.2) is 11.6 Å². The second kappa shape index (κ2) is 5.18. The molecule has 2 nitrogen and oxygen atoms in total. The molecule has 0 aliphatic heterocycles. The number of rotatable bonds is 4. The molecule has 0 aliphatic carbocycles. The molecule has 0 N–H and O–H groups in total. The van der Waals surface area contributed by atoms with E-state index in [1.165, 1.54) is 0 Å². The fraction of sp³-hybridized carbons (Fsp3) is 0.625. The Morgan fingerprint density at radius 3 is 2.50 bits per heavy atom. The standard InChI is InChI=1S/C8H14O2/c1-7(2)6-8(9)4-5-10-3/h6H,4-5H2,1-3H3. The number of methoxy groups -OCH3 is 1. The summed E-state index contributed by atoms with van der Waals surface area (Å²) in [5.41, 5.74) is 1.04. The minimum Gasteiger partial charge on any atom is -0.384 e. The van der Waals surface area contributed by atoms with Gasteiger partial charge in [-0.25, -0.2) is 0 Å². The highest BCUT2D eigenvalue weighted by Crippen LogP contribution is 1.92. The van der Waals surface area contributed by atoms with Gasteiger partial charge in [-0.2, -0.15) is 0 Å². The molecule has 0 unspecified atom stereocenters. The van der Waals surface area contributed by atoms with Gasteiger partial charge in [-0.1, -0.05) is 5.57 Å². The number of allylic oxidation sites excluding steroid dienone is 2. The number of hydrogen-bond donors (Lipinski definition) is 0. The summed E-state index contributed by atoms with van der Waals surface area (Å²) in [6.07, 6.45) is 2.13. The predicted molar refractivity (Wildman–Crippen MR) is 40.9 cm³/mol. The first-order chi connectivity index (χ1) is 4.66. The van der Waals surface area contributed by atoms with Crippen LogP contribution in [0.5, 0.6) is 0 Å². The van der Waals surface area contributed by atoms with Crippen molar-refractivity contribution in [2.75, 3.05) is 13.7 Å². The summed E-state index contributed by atoms with van der Waals surface area (Å²) in [6, 6.07) is 0. The van der Waals surface area contributed by atoms with Gasteiger partial charge >= 0.3 is 0 Å². The molecule has 0 fully saturated rings. The lowest BCUT2D eigenvalue weighted by Gasteiger charge is -1.93. The van der Waals surface area contributed by atoms with E-state index >= 15 is 0 Å². The third-order valence-electron chi connectivity index (χ3n) is 1.00. The highest BCUT2D eigenvalue weighted by atomic mass is 16.5. The van der Waals surface area contributed by atoms with Crippen molar-refractivity contribution in [2.24, 2.45) is 0 Å². The Morgan fingerprint density at radius 1 is 1.50 bits per heavy atom. The highest BCUT2D eigenvalue weighted by molar-refractivity contribution is 5.90. The van der Waals surface area contributed by atoms with E-state index in [1.807, 2.05) is 13.8 Å². The normalized spacial score (nSPS) is 9.10. The predicted octanol–water partition coefficient (Wildman–Crippen LogP) is 1.56. The molecule has 0 aromatic rings. The van der Waals surface area contributed by atoms with Crippen molar-refractivity contribution >= 4 is 5.78 Å². The van der Waals surface area contributed by atoms with Gasteiger partial charge in [0.1, 0.15) is 0 Å². The largest absolute Gasteiger partial charge is 0.384 e. The number of carbonyl (C=O) groups is 1. The van der Waals surface area contributed by atoms with E-state index in [1.54, 1.807) is 13.2 Å². The Morgan fingerprint density at radius 2 is 2.10 bits per heavy atom. The smallest absolute Gasteiger partial charge is 0.157 e. The molecule has 0 saturated heterocycles. The van der Waals surface area contributed by atoms with Crippen LogP contribution in [0.2, 0.25) is 0 Å². The van der Waals surface area contributed by atoms with Crippen LogP contribution in [0.1, 0.15) is 20.3 Å². The number of carbonyl (C=O) groups excluding carboxylic acids is 1. The molecule has 0 rings (SSSR count). The van der Waals surface area contributed by atoms with Gasteiger partial charge in [-0.05, 0) is 19.9 Å². The molecule has 0 saturated carbocycles. The summed E-state index contributed by atoms with van der Waals surface area (Å²) in [4.78, 5) is 10.9. The van der Waals surface area contributed by atoms with Crippen LogP contribution < -0.4 is 0 Å². The number of hydrogen-bond acceptors (Lipinski definition) is 2. The number of ether oxygens (including phenoxy) is 1. The summed E-state index contributed by atoms with van der Waals surface area (Å²) in [7, 11) is 1.59. The average Bonchev–Trinajstić information content (AvgIpc) is 1.82. The molecule has 0 amide bonds. The van der Waals surface area contributed by atoms with E-state index in [-0.39, 0.29) is 5.78 Å². The molecule has 0 aromatic carbocycles. The molecule has 58 valence electrons. The first kappa shape index (κ1) is 9.37. The van der Waals surface area contributed by atoms with Crippen LogP contribution in [0, 0.1) is 0 Å². The number of ketones is 1. The molecule has 0 radical (unpaired) electrons. The summed E-state index contributed by atoms with van der Waals surface area (Å²) in [6.45, 7) is 4.33. The van der Waals surface area contributed by atoms with Gasteiger partial charge in [0.25, 0.3) is 0 Å². The van der Waals surface area contributed by atoms with Crippen LogP contribution >= 0.6 is 0 Å². The molecule has 0 heterocycles. The Bertz CT molecular complexity index is 132. The summed E-state index contributed by atoms with van der Waals surface area (Å²) in [5, 5.41) is 0. The highest BCUT2D eigenvalue weighted by Gasteiger charge is 1.94. The Kier molecular flexibility index (Phi) is 4.85. The fourth-order valence-corrected chi connectivity index (χ4v) is 0.597. The van der Waals surface area contributed by atoms with Crippen molar-refractivity contribution in [1.29, 1.82) is 0 Å². The summed E-state index contributed by atoms with van der Waals surface area (Å²) < 4.78 is 4.74. The lowest BCUT2D eigenvalue weighted by atomic mass is 10.2. The zero-order valence-electron chi connectivity index (χ0n) is 6.81. The third kappa shape index (κ3) is 5.51. The maximum Gasteiger partial charge on any atom is 0.157 e. The Hall–Kier alpha value is -0.630. The van der Waals surface area contributed by atoms with Crippen LogP contribution in [0.4, 0.5) is 0 Å². The summed E-state index contributed by atoms with van der Waals surface area (Å²) >= 11 is 0. The molecule has 0 bridgehead atoms. The van der Waals surface area contributed by atoms with Crippen molar-refractivity contribution in [3.63, 3.8) is 0 Å². The first-order valence-corrected chi connectivity index (χ1v) is 3.33. The maximum absolute atomic E-state index is 10.9. The van der Waals surface area contributed by atoms with Gasteiger partial charge in [0.15, 0.2) is 5.78 Å². The van der Waals surface area contributed by atoms with Crippen LogP contribution in [-0.4, -0.2) is 19.5 Å². The third-order valence-corrected chi connectivity index (χ3v) is 1.00. The van der Waals surface area contributed by atoms with Gasteiger partial charge in [0.05, 0.1) is 6.61 Å². The molecule has 0 aromatic heterocycles. The van der Waals surface area contributed by atoms with Gasteiger partial charge in [0, 0.05) is 13.5 Å². The van der Waals surface area contributed by atoms with Crippen molar-refractivity contribution in [3.8, 4) is 0 Å². The van der Waals surface area contributed by atoms with Gasteiger partial charge in [0.2, 0.25) is 0 Å². The maximum atomic E-state index is 10.9. The van der Waals surface area contributed by atoms with Crippen molar-refractivity contribution < 1.29 is 9.53 Å². The second-order valence-electron chi connectivity index (χ2n) is 2.43. The Balaban J connectivity index is 3.54. The van der Waals surface area contributed by atoms with Gasteiger partial charge in [-0.3, -0.25) is 4.79 Å². The Labute approximate surface area is 61.9 Å². The second-order valence-corrected chi connectivity index (χ2v) is 2.43. The van der Waals surface area contributed by atoms with Gasteiger partial charge in [-0.15, -0.1) is 0 Å². The van der Waals surface area contributed by atoms with Crippen molar-refractivity contribution in [3.05, 3.63) is 11.6 Å². The molecule has 2 heteroatoms. The zero-order valence-corrected chi connectivity index (χ0v) is 6.81. The van der Waals surface area contributed by atoms with E-state index in [4.69, 9.17) is 4.74 Å². The van der Waals surface area contributed by atoms with Gasteiger partial charge < -0.3 is 4.74 Å².